The highest BCUT2D eigenvalue weighted by atomic mass is 32.1. The maximum absolute atomic E-state index is 6.04. The smallest absolute Gasteiger partial charge is 0.146 e. The fourth-order valence-electron chi connectivity index (χ4n) is 2.55. The van der Waals surface area contributed by atoms with Crippen LogP contribution in [0.4, 0.5) is 0 Å². The lowest BCUT2D eigenvalue weighted by Gasteiger charge is -2.04. The van der Waals surface area contributed by atoms with E-state index in [4.69, 9.17) is 8.83 Å². The lowest BCUT2D eigenvalue weighted by Crippen LogP contribution is -1.76. The van der Waals surface area contributed by atoms with Crippen molar-refractivity contribution in [1.29, 1.82) is 0 Å². The number of benzene rings is 3. The van der Waals surface area contributed by atoms with E-state index in [1.807, 2.05) is 36.4 Å². The number of rotatable bonds is 0. The predicted molar refractivity (Wildman–Crippen MR) is 94.4 cm³/mol. The summed E-state index contributed by atoms with van der Waals surface area (Å²) >= 11 is 3.44. The molecule has 5 rings (SSSR count). The summed E-state index contributed by atoms with van der Waals surface area (Å²) in [6, 6.07) is 20.4. The van der Waals surface area contributed by atoms with E-state index in [1.165, 1.54) is 0 Å². The SMILES string of the molecule is c1ccc2sc3cc4oc5ccccc5sc4cc3oc2c1. The van der Waals surface area contributed by atoms with Crippen molar-refractivity contribution in [1.82, 2.24) is 0 Å². The van der Waals surface area contributed by atoms with Crippen LogP contribution in [0.2, 0.25) is 0 Å². The molecular formula is C18H10O2S2. The second kappa shape index (κ2) is 4.60. The van der Waals surface area contributed by atoms with Crippen LogP contribution in [0, 0.1) is 0 Å². The summed E-state index contributed by atoms with van der Waals surface area (Å²) in [6.07, 6.45) is 0. The second-order valence-electron chi connectivity index (χ2n) is 5.05. The zero-order chi connectivity index (χ0) is 14.5. The normalized spacial score (nSPS) is 11.6. The van der Waals surface area contributed by atoms with Crippen molar-refractivity contribution in [3.63, 3.8) is 0 Å². The molecule has 2 heterocycles. The van der Waals surface area contributed by atoms with Gasteiger partial charge in [0.25, 0.3) is 0 Å². The van der Waals surface area contributed by atoms with Crippen LogP contribution >= 0.6 is 22.7 Å². The molecule has 0 aliphatic rings. The molecule has 4 heteroatoms. The van der Waals surface area contributed by atoms with Crippen molar-refractivity contribution in [2.75, 3.05) is 0 Å². The molecule has 0 N–H and O–H groups in total. The topological polar surface area (TPSA) is 26.3 Å². The maximum atomic E-state index is 6.04. The van der Waals surface area contributed by atoms with E-state index in [-0.39, 0.29) is 0 Å². The Kier molecular flexibility index (Phi) is 2.56. The third-order valence-corrected chi connectivity index (χ3v) is 5.78. The van der Waals surface area contributed by atoms with Crippen LogP contribution < -0.4 is 0 Å². The van der Waals surface area contributed by atoms with Crippen LogP contribution in [-0.4, -0.2) is 0 Å². The molecule has 0 bridgehead atoms. The van der Waals surface area contributed by atoms with Crippen LogP contribution in [-0.2, 0) is 0 Å². The highest BCUT2D eigenvalue weighted by Gasteiger charge is 2.07. The molecule has 0 saturated heterocycles. The molecule has 2 nitrogen and oxygen atoms in total. The maximum Gasteiger partial charge on any atom is 0.146 e. The van der Waals surface area contributed by atoms with Crippen molar-refractivity contribution in [2.24, 2.45) is 0 Å². The molecule has 0 spiro atoms. The summed E-state index contributed by atoms with van der Waals surface area (Å²) in [5.74, 6) is 0. The molecule has 3 aromatic carbocycles. The van der Waals surface area contributed by atoms with E-state index >= 15 is 0 Å². The number of hydrogen-bond donors (Lipinski definition) is 0. The van der Waals surface area contributed by atoms with Crippen LogP contribution in [0.15, 0.2) is 69.5 Å². The molecule has 0 unspecified atom stereocenters. The zero-order valence-corrected chi connectivity index (χ0v) is 13.0. The molecule has 0 aliphatic carbocycles. The van der Waals surface area contributed by atoms with Gasteiger partial charge in [-0.15, -0.1) is 22.7 Å². The number of hydrogen-bond acceptors (Lipinski definition) is 4. The summed E-state index contributed by atoms with van der Waals surface area (Å²) in [4.78, 5) is 0. The summed E-state index contributed by atoms with van der Waals surface area (Å²) in [5.41, 5.74) is 3.64. The van der Waals surface area contributed by atoms with E-state index in [0.717, 1.165) is 41.1 Å². The molecule has 0 fully saturated rings. The van der Waals surface area contributed by atoms with E-state index in [1.54, 1.807) is 22.7 Å². The summed E-state index contributed by atoms with van der Waals surface area (Å²) in [5, 5.41) is 0. The Labute approximate surface area is 133 Å². The van der Waals surface area contributed by atoms with E-state index in [2.05, 4.69) is 24.3 Å². The average Bonchev–Trinajstić information content (AvgIpc) is 2.56. The van der Waals surface area contributed by atoms with E-state index < -0.39 is 0 Å². The first-order chi connectivity index (χ1) is 10.9. The van der Waals surface area contributed by atoms with Gasteiger partial charge in [0.1, 0.15) is 22.3 Å². The Bertz CT molecular complexity index is 1000. The Hall–Kier alpha value is -2.30. The van der Waals surface area contributed by atoms with Crippen molar-refractivity contribution in [3.8, 4) is 0 Å². The fraction of sp³-hybridized carbons (Fsp3) is 0. The van der Waals surface area contributed by atoms with Gasteiger partial charge < -0.3 is 8.83 Å². The molecule has 0 aliphatic heterocycles. The molecule has 0 amide bonds. The predicted octanol–water partition coefficient (Wildman–Crippen LogP) is 6.73. The average molecular weight is 322 g/mol. The first-order valence-electron chi connectivity index (χ1n) is 6.94. The fourth-order valence-corrected chi connectivity index (χ4v) is 4.48. The molecule has 22 heavy (non-hydrogen) atoms. The third-order valence-electron chi connectivity index (χ3n) is 3.59. The van der Waals surface area contributed by atoms with Crippen molar-refractivity contribution >= 4 is 63.8 Å². The van der Waals surface area contributed by atoms with Crippen molar-refractivity contribution in [3.05, 3.63) is 60.7 Å². The Morgan fingerprint density at radius 3 is 1.45 bits per heavy atom. The minimum Gasteiger partial charge on any atom is -0.454 e. The summed E-state index contributed by atoms with van der Waals surface area (Å²) in [7, 11) is 0. The van der Waals surface area contributed by atoms with Gasteiger partial charge in [-0.1, -0.05) is 24.3 Å². The number of para-hydroxylation sites is 2. The monoisotopic (exact) mass is 322 g/mol. The van der Waals surface area contributed by atoms with Gasteiger partial charge in [0.2, 0.25) is 0 Å². The first-order valence-corrected chi connectivity index (χ1v) is 8.58. The quantitative estimate of drug-likeness (QED) is 0.295. The molecule has 106 valence electrons. The Morgan fingerprint density at radius 1 is 0.500 bits per heavy atom. The van der Waals surface area contributed by atoms with Gasteiger partial charge in [-0.25, -0.2) is 0 Å². The third kappa shape index (κ3) is 1.85. The summed E-state index contributed by atoms with van der Waals surface area (Å²) in [6.45, 7) is 0. The number of fused-ring (bicyclic) bond motifs is 4. The van der Waals surface area contributed by atoms with Gasteiger partial charge in [0.15, 0.2) is 0 Å². The van der Waals surface area contributed by atoms with Crippen LogP contribution in [0.1, 0.15) is 0 Å². The molecule has 0 saturated carbocycles. The second-order valence-corrected chi connectivity index (χ2v) is 7.21. The van der Waals surface area contributed by atoms with Crippen molar-refractivity contribution < 1.29 is 8.83 Å². The van der Waals surface area contributed by atoms with Crippen LogP contribution in [0.5, 0.6) is 0 Å². The van der Waals surface area contributed by atoms with Gasteiger partial charge in [-0.05, 0) is 24.3 Å². The molecule has 0 atom stereocenters. The van der Waals surface area contributed by atoms with Gasteiger partial charge in [-0.3, -0.25) is 0 Å². The molecular weight excluding hydrogens is 312 g/mol. The Balaban J connectivity index is 1.93. The highest BCUT2D eigenvalue weighted by Crippen LogP contribution is 2.35. The molecule has 2 aromatic heterocycles. The molecule has 0 radical (unpaired) electrons. The summed E-state index contributed by atoms with van der Waals surface area (Å²) < 4.78 is 16.5. The van der Waals surface area contributed by atoms with Crippen LogP contribution in [0.3, 0.4) is 0 Å². The van der Waals surface area contributed by atoms with E-state index in [0.29, 0.717) is 0 Å². The lowest BCUT2D eigenvalue weighted by molar-refractivity contribution is 0.656. The lowest BCUT2D eigenvalue weighted by atomic mass is 10.3. The minimum atomic E-state index is 0.901. The van der Waals surface area contributed by atoms with Crippen LogP contribution in [0.25, 0.3) is 41.1 Å². The first kappa shape index (κ1) is 12.3. The minimum absolute atomic E-state index is 0.901. The molecule has 5 aromatic rings. The zero-order valence-electron chi connectivity index (χ0n) is 11.4. The largest absolute Gasteiger partial charge is 0.454 e. The van der Waals surface area contributed by atoms with E-state index in [9.17, 15) is 0 Å². The van der Waals surface area contributed by atoms with Gasteiger partial charge in [0.05, 0.1) is 18.8 Å². The van der Waals surface area contributed by atoms with Gasteiger partial charge in [-0.2, -0.15) is 0 Å². The standard InChI is InChI=1S/C18H10O2S2/c1-3-7-15-11(5-1)19-13-9-18-14(10-17(13)21-15)20-12-6-2-4-8-16(12)22-18/h1-10H. The van der Waals surface area contributed by atoms with Gasteiger partial charge >= 0.3 is 0 Å². The van der Waals surface area contributed by atoms with Crippen molar-refractivity contribution in [2.45, 2.75) is 0 Å². The highest BCUT2D eigenvalue weighted by molar-refractivity contribution is 7.25. The Morgan fingerprint density at radius 2 is 0.955 bits per heavy atom. The van der Waals surface area contributed by atoms with Gasteiger partial charge in [0, 0.05) is 12.1 Å².